The summed E-state index contributed by atoms with van der Waals surface area (Å²) in [6.07, 6.45) is 4.78. The summed E-state index contributed by atoms with van der Waals surface area (Å²) in [5, 5.41) is 1.44. The maximum Gasteiger partial charge on any atom is 0.259 e. The van der Waals surface area contributed by atoms with Gasteiger partial charge in [-0.25, -0.2) is 9.97 Å². The Morgan fingerprint density at radius 3 is 3.07 bits per heavy atom. The Morgan fingerprint density at radius 1 is 1.57 bits per heavy atom. The second-order valence-electron chi connectivity index (χ2n) is 2.58. The quantitative estimate of drug-likeness (QED) is 0.595. The fraction of sp³-hybridized carbons (Fsp3) is 0.125. The lowest BCUT2D eigenvalue weighted by molar-refractivity contribution is 1.00. The van der Waals surface area contributed by atoms with Crippen molar-refractivity contribution < 1.29 is 0 Å². The molecule has 0 aliphatic heterocycles. The molecular weight excluding hydrogens is 222 g/mol. The smallest absolute Gasteiger partial charge is 0.259 e. The maximum absolute atomic E-state index is 11.3. The first-order chi connectivity index (χ1) is 6.72. The third-order valence-corrected chi connectivity index (χ3v) is 2.60. The van der Waals surface area contributed by atoms with Crippen molar-refractivity contribution in [1.29, 1.82) is 0 Å². The number of H-pyrrole nitrogens is 1. The van der Waals surface area contributed by atoms with E-state index in [9.17, 15) is 4.79 Å². The van der Waals surface area contributed by atoms with E-state index in [2.05, 4.69) is 15.0 Å². The van der Waals surface area contributed by atoms with E-state index in [1.165, 1.54) is 24.2 Å². The Hall–Kier alpha value is -1.07. The highest BCUT2D eigenvalue weighted by Gasteiger charge is 2.05. The van der Waals surface area contributed by atoms with Crippen molar-refractivity contribution in [3.63, 3.8) is 0 Å². The van der Waals surface area contributed by atoms with Crippen LogP contribution in [-0.2, 0) is 0 Å². The summed E-state index contributed by atoms with van der Waals surface area (Å²) in [7, 11) is 0. The lowest BCUT2D eigenvalue weighted by atomic mass is 10.3. The van der Waals surface area contributed by atoms with Crippen LogP contribution in [0.1, 0.15) is 0 Å². The highest BCUT2D eigenvalue weighted by atomic mass is 35.5. The molecule has 1 N–H and O–H groups in total. The van der Waals surface area contributed by atoms with Crippen molar-refractivity contribution >= 4 is 34.3 Å². The molecule has 2 aromatic heterocycles. The van der Waals surface area contributed by atoms with Crippen LogP contribution in [0.3, 0.4) is 0 Å². The Labute approximate surface area is 88.7 Å². The van der Waals surface area contributed by atoms with E-state index in [1.807, 2.05) is 6.26 Å². The van der Waals surface area contributed by atoms with Crippen LogP contribution < -0.4 is 5.56 Å². The minimum Gasteiger partial charge on any atom is -0.327 e. The second-order valence-corrected chi connectivity index (χ2v) is 3.77. The number of pyridine rings is 1. The largest absolute Gasteiger partial charge is 0.327 e. The van der Waals surface area contributed by atoms with Crippen molar-refractivity contribution in [3.05, 3.63) is 27.8 Å². The zero-order valence-electron chi connectivity index (χ0n) is 7.24. The molecule has 0 atom stereocenters. The summed E-state index contributed by atoms with van der Waals surface area (Å²) in [5.41, 5.74) is 0.270. The summed E-state index contributed by atoms with van der Waals surface area (Å²) < 4.78 is 0. The summed E-state index contributed by atoms with van der Waals surface area (Å²) in [4.78, 5) is 22.0. The van der Waals surface area contributed by atoms with Crippen LogP contribution in [0.4, 0.5) is 0 Å². The molecule has 0 spiro atoms. The van der Waals surface area contributed by atoms with Gasteiger partial charge in [-0.3, -0.25) is 4.79 Å². The number of aromatic nitrogens is 3. The van der Waals surface area contributed by atoms with Crippen LogP contribution >= 0.6 is 23.4 Å². The van der Waals surface area contributed by atoms with Crippen LogP contribution in [0.25, 0.3) is 10.9 Å². The van der Waals surface area contributed by atoms with Crippen molar-refractivity contribution in [3.8, 4) is 0 Å². The molecule has 2 heterocycles. The minimum absolute atomic E-state index is 0.225. The van der Waals surface area contributed by atoms with Crippen LogP contribution in [0.2, 0.25) is 5.02 Å². The van der Waals surface area contributed by atoms with Crippen molar-refractivity contribution in [2.75, 3.05) is 6.26 Å². The molecule has 0 unspecified atom stereocenters. The van der Waals surface area contributed by atoms with Gasteiger partial charge in [-0.2, -0.15) is 0 Å². The molecule has 0 aliphatic carbocycles. The molecule has 6 heteroatoms. The van der Waals surface area contributed by atoms with Crippen LogP contribution in [0.15, 0.2) is 22.3 Å². The average Bonchev–Trinajstić information content (AvgIpc) is 2.23. The summed E-state index contributed by atoms with van der Waals surface area (Å²) in [6.45, 7) is 0. The van der Waals surface area contributed by atoms with Crippen LogP contribution in [0.5, 0.6) is 0 Å². The lowest BCUT2D eigenvalue weighted by Gasteiger charge is -1.99. The number of nitrogens with one attached hydrogen (secondary N) is 1. The number of nitrogens with zero attached hydrogens (tertiary/aromatic N) is 2. The van der Waals surface area contributed by atoms with Gasteiger partial charge in [0, 0.05) is 12.4 Å². The zero-order chi connectivity index (χ0) is 10.1. The Bertz CT molecular complexity index is 540. The number of aromatic amines is 1. The Kier molecular flexibility index (Phi) is 2.43. The van der Waals surface area contributed by atoms with Gasteiger partial charge in [-0.15, -0.1) is 0 Å². The molecule has 0 aliphatic rings. The van der Waals surface area contributed by atoms with Gasteiger partial charge < -0.3 is 4.98 Å². The highest BCUT2D eigenvalue weighted by Crippen LogP contribution is 2.18. The molecule has 0 radical (unpaired) electrons. The van der Waals surface area contributed by atoms with Gasteiger partial charge in [-0.1, -0.05) is 23.4 Å². The number of halogens is 1. The van der Waals surface area contributed by atoms with E-state index in [0.29, 0.717) is 21.1 Å². The maximum atomic E-state index is 11.3. The molecule has 2 aromatic rings. The van der Waals surface area contributed by atoms with Crippen molar-refractivity contribution in [2.24, 2.45) is 0 Å². The summed E-state index contributed by atoms with van der Waals surface area (Å²) in [5.74, 6) is 0. The van der Waals surface area contributed by atoms with Crippen molar-refractivity contribution in [1.82, 2.24) is 15.0 Å². The fourth-order valence-electron chi connectivity index (χ4n) is 1.09. The van der Waals surface area contributed by atoms with E-state index in [-0.39, 0.29) is 5.56 Å². The van der Waals surface area contributed by atoms with E-state index in [4.69, 9.17) is 11.6 Å². The van der Waals surface area contributed by atoms with Crippen molar-refractivity contribution in [2.45, 2.75) is 5.16 Å². The van der Waals surface area contributed by atoms with Crippen LogP contribution in [-0.4, -0.2) is 21.2 Å². The number of fused-ring (bicyclic) bond motifs is 1. The topological polar surface area (TPSA) is 58.6 Å². The molecule has 0 aromatic carbocycles. The molecular formula is C8H6ClN3OS. The number of hydrogen-bond donors (Lipinski definition) is 1. The third kappa shape index (κ3) is 1.49. The van der Waals surface area contributed by atoms with Gasteiger partial charge in [0.15, 0.2) is 5.16 Å². The normalized spacial score (nSPS) is 10.7. The zero-order valence-corrected chi connectivity index (χ0v) is 8.82. The summed E-state index contributed by atoms with van der Waals surface area (Å²) >= 11 is 7.29. The molecule has 4 nitrogen and oxygen atoms in total. The van der Waals surface area contributed by atoms with Gasteiger partial charge >= 0.3 is 0 Å². The third-order valence-electron chi connectivity index (χ3n) is 1.75. The molecule has 0 saturated heterocycles. The minimum atomic E-state index is -0.225. The highest BCUT2D eigenvalue weighted by molar-refractivity contribution is 7.98. The number of rotatable bonds is 1. The van der Waals surface area contributed by atoms with Gasteiger partial charge in [0.1, 0.15) is 5.52 Å². The Morgan fingerprint density at radius 2 is 2.36 bits per heavy atom. The SMILES string of the molecule is CSc1ncc2c(=O)[nH]cc(Cl)c2n1. The predicted molar refractivity (Wildman–Crippen MR) is 56.9 cm³/mol. The standard InChI is InChI=1S/C8H6ClN3OS/c1-14-8-11-2-4-6(12-8)5(9)3-10-7(4)13/h2-3H,1H3,(H,10,13). The second kappa shape index (κ2) is 3.59. The van der Waals surface area contributed by atoms with Gasteiger partial charge in [-0.05, 0) is 6.26 Å². The van der Waals surface area contributed by atoms with E-state index in [0.717, 1.165) is 0 Å². The van der Waals surface area contributed by atoms with Gasteiger partial charge in [0.05, 0.1) is 10.4 Å². The molecule has 14 heavy (non-hydrogen) atoms. The first-order valence-electron chi connectivity index (χ1n) is 3.80. The number of hydrogen-bond acceptors (Lipinski definition) is 4. The fourth-order valence-corrected chi connectivity index (χ4v) is 1.63. The molecule has 72 valence electrons. The summed E-state index contributed by atoms with van der Waals surface area (Å²) in [6, 6.07) is 0. The first-order valence-corrected chi connectivity index (χ1v) is 5.40. The van der Waals surface area contributed by atoms with E-state index < -0.39 is 0 Å². The first kappa shape index (κ1) is 9.48. The van der Waals surface area contributed by atoms with Gasteiger partial charge in [0.25, 0.3) is 5.56 Å². The van der Waals surface area contributed by atoms with E-state index in [1.54, 1.807) is 0 Å². The predicted octanol–water partition coefficient (Wildman–Crippen LogP) is 1.69. The van der Waals surface area contributed by atoms with Gasteiger partial charge in [0.2, 0.25) is 0 Å². The molecule has 0 bridgehead atoms. The van der Waals surface area contributed by atoms with Crippen LogP contribution in [0, 0.1) is 0 Å². The Balaban J connectivity index is 2.87. The monoisotopic (exact) mass is 227 g/mol. The number of thioether (sulfide) groups is 1. The van der Waals surface area contributed by atoms with E-state index >= 15 is 0 Å². The average molecular weight is 228 g/mol. The molecule has 0 amide bonds. The lowest BCUT2D eigenvalue weighted by Crippen LogP contribution is -2.06. The molecule has 0 saturated carbocycles. The molecule has 0 fully saturated rings. The molecule has 2 rings (SSSR count).